The number of carboxylic acids is 1. The molecule has 0 saturated heterocycles. The van der Waals surface area contributed by atoms with Gasteiger partial charge in [-0.15, -0.1) is 0 Å². The fourth-order valence-corrected chi connectivity index (χ4v) is 21.3. The molecule has 0 bridgehead atoms. The zero-order valence-electron chi connectivity index (χ0n) is 47.6. The molecule has 4 nitrogen and oxygen atoms in total. The predicted octanol–water partition coefficient (Wildman–Crippen LogP) is 19.7. The van der Waals surface area contributed by atoms with E-state index >= 15 is 0 Å². The van der Waals surface area contributed by atoms with Gasteiger partial charge in [0.2, 0.25) is 0 Å². The summed E-state index contributed by atoms with van der Waals surface area (Å²) in [5.41, 5.74) is 2.10. The number of benzene rings is 4. The van der Waals surface area contributed by atoms with Gasteiger partial charge in [0, 0.05) is 40.3 Å². The third-order valence-electron chi connectivity index (χ3n) is 11.6. The molecule has 0 fully saturated rings. The molecule has 0 saturated carbocycles. The molecule has 0 aliphatic heterocycles. The zero-order chi connectivity index (χ0) is 56.7. The summed E-state index contributed by atoms with van der Waals surface area (Å²) in [6.07, 6.45) is 3.97. The van der Waals surface area contributed by atoms with Crippen LogP contribution in [0, 0.1) is 6.42 Å². The van der Waals surface area contributed by atoms with Crippen LogP contribution in [0.5, 0.6) is 0 Å². The molecule has 0 heterocycles. The number of aliphatic carboxylic acids is 1. The summed E-state index contributed by atoms with van der Waals surface area (Å²) in [6.45, 7) is 44.8. The maximum atomic E-state index is 11.9. The molecule has 0 aliphatic carbocycles. The van der Waals surface area contributed by atoms with Gasteiger partial charge >= 0.3 is 92.3 Å². The fraction of sp³-hybridized carbons (Fsp3) is 0.544. The molecule has 0 radical (unpaired) electrons. The molecular weight excluding hydrogens is 1250 g/mol. The van der Waals surface area contributed by atoms with Gasteiger partial charge in [-0.2, -0.15) is 13.8 Å². The monoisotopic (exact) mass is 1340 g/mol. The SMILES string of the molecule is CC(C)(C)[PH+](CC(=O)O)C(C)(C)C.CC(C)(C)[PH+](CC(O)(c1ccccc1)c1ccccc1)C(C)(C)C.CC(C)(C)[PH+](CC(O)(c1ccccc1)c1ccccc1)C(C)(C)C.C[CH-]C.[Cl][Ti]([Cl])[Cl].[Cl][Zr]([Cl])[Cl].[Ni]. The van der Waals surface area contributed by atoms with Crippen molar-refractivity contribution in [2.75, 3.05) is 18.5 Å². The Balaban J connectivity index is -0.000000935. The molecule has 0 atom stereocenters. The van der Waals surface area contributed by atoms with E-state index < -0.39 is 73.8 Å². The summed E-state index contributed by atoms with van der Waals surface area (Å²) >= 11 is -4.04. The number of hydrogen-bond donors (Lipinski definition) is 3. The molecule has 0 spiro atoms. The minimum absolute atomic E-state index is 0. The smallest absolute Gasteiger partial charge is 0 e. The maximum absolute atomic E-state index is 11.9. The largest absolute Gasteiger partial charge is 0 e. The van der Waals surface area contributed by atoms with Crippen LogP contribution in [-0.4, -0.2) is 70.7 Å². The van der Waals surface area contributed by atoms with Crippen LogP contribution >= 0.6 is 77.2 Å². The van der Waals surface area contributed by atoms with E-state index in [1.165, 1.54) is 0 Å². The predicted molar refractivity (Wildman–Crippen MR) is 328 cm³/mol. The number of carboxylic acid groups (broad SMARTS) is 1. The fourth-order valence-electron chi connectivity index (χ4n) is 9.23. The Hall–Kier alpha value is 1.39. The number of aliphatic hydroxyl groups is 2. The van der Waals surface area contributed by atoms with E-state index in [2.05, 4.69) is 173 Å². The zero-order valence-corrected chi connectivity index (χ0v) is 60.1. The summed E-state index contributed by atoms with van der Waals surface area (Å²) in [6, 6.07) is 40.6. The Kier molecular flexibility index (Phi) is 38.7. The summed E-state index contributed by atoms with van der Waals surface area (Å²) in [4.78, 5) is 10.7. The van der Waals surface area contributed by atoms with Crippen molar-refractivity contribution in [1.82, 2.24) is 0 Å². The van der Waals surface area contributed by atoms with E-state index in [9.17, 15) is 15.0 Å². The van der Waals surface area contributed by atoms with Crippen molar-refractivity contribution in [1.29, 1.82) is 0 Å². The van der Waals surface area contributed by atoms with Gasteiger partial charge in [-0.05, 0) is 147 Å². The Morgan fingerprint density at radius 2 is 0.603 bits per heavy atom. The van der Waals surface area contributed by atoms with Gasteiger partial charge in [0.25, 0.3) is 0 Å². The average Bonchev–Trinajstić information content (AvgIpc) is 3.23. The van der Waals surface area contributed by atoms with Crippen LogP contribution in [-0.2, 0) is 65.3 Å². The second-order valence-corrected chi connectivity index (χ2v) is 55.9. The number of carbonyl (C=O) groups is 1. The molecule has 4 aromatic rings. The molecular formula is C57H93Cl6NiO4P3TiZr+2. The summed E-state index contributed by atoms with van der Waals surface area (Å²) in [7, 11) is 27.3. The molecule has 4 rings (SSSR count). The van der Waals surface area contributed by atoms with Crippen molar-refractivity contribution in [2.45, 2.75) is 181 Å². The number of rotatable bonds is 10. The minimum Gasteiger partial charge on any atom is 0 e. The summed E-state index contributed by atoms with van der Waals surface area (Å²) in [5, 5.41) is 33.7. The van der Waals surface area contributed by atoms with Crippen molar-refractivity contribution >= 4 is 83.2 Å². The maximum Gasteiger partial charge on any atom is 0 e. The third-order valence-corrected chi connectivity index (χ3v) is 24.9. The Labute approximate surface area is 496 Å². The molecule has 4 aromatic carbocycles. The van der Waals surface area contributed by atoms with E-state index in [1.807, 2.05) is 93.1 Å². The van der Waals surface area contributed by atoms with Gasteiger partial charge in [0.05, 0.1) is 43.3 Å². The van der Waals surface area contributed by atoms with E-state index in [0.717, 1.165) is 34.6 Å². The van der Waals surface area contributed by atoms with Crippen molar-refractivity contribution in [3.05, 3.63) is 150 Å². The molecule has 0 amide bonds. The standard InChI is InChI=1S/2C22H31OP.C10H21O2P.C3H7.6ClH.Ni.Ti.Zr/c2*1-20(2,3)24(21(4,5)6)17-22(23,18-13-9-7-10-14-18)19-15-11-8-12-16-19;1-9(2,3)13(7-8(11)12)10(4,5)6;1-3-2;;;;;;;;;/h2*7-16,23H,17H2,1-6H3;7H2,1-6H3,(H,11,12);3H,1-2H3;6*1H;;;/q;;;-1;;;;;;;;2*+3/p-3. The average molecular weight is 1350 g/mol. The van der Waals surface area contributed by atoms with E-state index in [4.69, 9.17) is 58.6 Å². The van der Waals surface area contributed by atoms with Crippen LogP contribution in [0.1, 0.15) is 161 Å². The van der Waals surface area contributed by atoms with Gasteiger partial charge < -0.3 is 21.7 Å². The van der Waals surface area contributed by atoms with E-state index in [1.54, 1.807) is 0 Å². The van der Waals surface area contributed by atoms with Gasteiger partial charge in [0.15, 0.2) is 6.16 Å². The Morgan fingerprint density at radius 3 is 0.712 bits per heavy atom. The molecule has 0 unspecified atom stereocenters. The quantitative estimate of drug-likeness (QED) is 0.0840. The second kappa shape index (κ2) is 36.0. The molecule has 418 valence electrons. The van der Waals surface area contributed by atoms with Crippen LogP contribution in [0.4, 0.5) is 0 Å². The van der Waals surface area contributed by atoms with Gasteiger partial charge in [0.1, 0.15) is 11.2 Å². The van der Waals surface area contributed by atoms with Crippen molar-refractivity contribution in [3.8, 4) is 0 Å². The molecule has 73 heavy (non-hydrogen) atoms. The molecule has 0 aromatic heterocycles. The van der Waals surface area contributed by atoms with E-state index in [-0.39, 0.29) is 47.4 Å². The van der Waals surface area contributed by atoms with Crippen LogP contribution in [0.25, 0.3) is 0 Å². The third kappa shape index (κ3) is 32.4. The molecule has 16 heteroatoms. The van der Waals surface area contributed by atoms with E-state index in [0.29, 0.717) is 6.16 Å². The summed E-state index contributed by atoms with van der Waals surface area (Å²) in [5.74, 6) is -0.654. The normalized spacial score (nSPS) is 12.2. The Morgan fingerprint density at radius 1 is 0.452 bits per heavy atom. The van der Waals surface area contributed by atoms with Gasteiger partial charge in [-0.25, -0.2) is 4.79 Å². The topological polar surface area (TPSA) is 77.8 Å². The van der Waals surface area contributed by atoms with Gasteiger partial charge in [-0.3, -0.25) is 0 Å². The first-order valence-electron chi connectivity index (χ1n) is 24.4. The summed E-state index contributed by atoms with van der Waals surface area (Å²) < 4.78 is 0. The van der Waals surface area contributed by atoms with Crippen LogP contribution in [0.15, 0.2) is 121 Å². The van der Waals surface area contributed by atoms with Crippen LogP contribution in [0.3, 0.4) is 0 Å². The number of hydrogen-bond acceptors (Lipinski definition) is 3. The van der Waals surface area contributed by atoms with Gasteiger partial charge in [-0.1, -0.05) is 121 Å². The first kappa shape index (κ1) is 78.6. The number of halogens is 6. The minimum atomic E-state index is -2.13. The first-order chi connectivity index (χ1) is 32.5. The second-order valence-electron chi connectivity index (χ2n) is 24.1. The Bertz CT molecular complexity index is 1790. The first-order valence-corrected chi connectivity index (χ1v) is 45.5. The van der Waals surface area contributed by atoms with Crippen molar-refractivity contribution in [3.63, 3.8) is 0 Å². The molecule has 0 aliphatic rings. The molecule has 3 N–H and O–H groups in total. The van der Waals surface area contributed by atoms with Crippen LogP contribution < -0.4 is 0 Å². The van der Waals surface area contributed by atoms with Crippen molar-refractivity contribution < 1.29 is 69.5 Å². The van der Waals surface area contributed by atoms with Crippen molar-refractivity contribution in [2.24, 2.45) is 0 Å². The van der Waals surface area contributed by atoms with Crippen LogP contribution in [0.2, 0.25) is 0 Å².